The Hall–Kier alpha value is -0.290. The van der Waals surface area contributed by atoms with Gasteiger partial charge >= 0.3 is 0 Å². The normalized spacial score (nSPS) is 10.9. The molecule has 0 aromatic carbocycles. The molecule has 0 spiro atoms. The first-order valence-electron chi connectivity index (χ1n) is 3.85. The van der Waals surface area contributed by atoms with Gasteiger partial charge in [0, 0.05) is 0 Å². The van der Waals surface area contributed by atoms with Gasteiger partial charge < -0.3 is 0 Å². The van der Waals surface area contributed by atoms with Crippen LogP contribution in [0.25, 0.3) is 11.0 Å². The van der Waals surface area contributed by atoms with Crippen LogP contribution in [0.1, 0.15) is 0 Å². The van der Waals surface area contributed by atoms with Crippen LogP contribution in [-0.4, -0.2) is 21.2 Å². The summed E-state index contributed by atoms with van der Waals surface area (Å²) in [6, 6.07) is 1.51. The number of rotatable bonds is 1. The number of hydrogen-bond donors (Lipinski definition) is 0. The van der Waals surface area contributed by atoms with Gasteiger partial charge in [-0.15, -0.1) is 0 Å². The molecule has 0 N–H and O–H groups in total. The molecule has 0 saturated heterocycles. The van der Waals surface area contributed by atoms with Crippen molar-refractivity contribution in [3.8, 4) is 0 Å². The fourth-order valence-corrected chi connectivity index (χ4v) is 2.34. The molecule has 0 aliphatic heterocycles. The molecule has 7 heteroatoms. The number of thioether (sulfide) groups is 1. The molecule has 0 bridgehead atoms. The van der Waals surface area contributed by atoms with Gasteiger partial charge in [0.1, 0.15) is 10.3 Å². The van der Waals surface area contributed by atoms with Crippen molar-refractivity contribution in [3.05, 3.63) is 21.4 Å². The fourth-order valence-electron chi connectivity index (χ4n) is 1.09. The minimum Gasteiger partial charge on any atom is -0.216 e. The Bertz CT molecular complexity index is 532. The Balaban J connectivity index is 2.85. The first kappa shape index (κ1) is 11.2. The molecule has 3 nitrogen and oxygen atoms in total. The lowest BCUT2D eigenvalue weighted by Gasteiger charge is -2.03. The van der Waals surface area contributed by atoms with Crippen LogP contribution >= 0.6 is 46.6 Å². The highest BCUT2D eigenvalue weighted by molar-refractivity contribution is 7.98. The molecular formula is C8H4Cl3N3S. The minimum atomic E-state index is 0.286. The maximum Gasteiger partial charge on any atom is 0.190 e. The summed E-state index contributed by atoms with van der Waals surface area (Å²) in [5.41, 5.74) is 0.414. The lowest BCUT2D eigenvalue weighted by Crippen LogP contribution is -1.92. The molecule has 2 rings (SSSR count). The Kier molecular flexibility index (Phi) is 3.21. The molecule has 0 atom stereocenters. The third-order valence-corrected chi connectivity index (χ3v) is 3.02. The van der Waals surface area contributed by atoms with E-state index in [2.05, 4.69) is 15.0 Å². The van der Waals surface area contributed by atoms with Gasteiger partial charge in [-0.25, -0.2) is 15.0 Å². The molecule has 0 unspecified atom stereocenters. The molecular weight excluding hydrogens is 277 g/mol. The lowest BCUT2D eigenvalue weighted by molar-refractivity contribution is 0.993. The van der Waals surface area contributed by atoms with Gasteiger partial charge in [-0.1, -0.05) is 46.6 Å². The second kappa shape index (κ2) is 4.29. The molecule has 0 radical (unpaired) electrons. The van der Waals surface area contributed by atoms with E-state index in [0.29, 0.717) is 26.4 Å². The number of pyridine rings is 1. The smallest absolute Gasteiger partial charge is 0.190 e. The van der Waals surface area contributed by atoms with Crippen molar-refractivity contribution in [2.45, 2.75) is 5.16 Å². The van der Waals surface area contributed by atoms with Crippen LogP contribution in [-0.2, 0) is 0 Å². The number of nitrogens with zero attached hydrogens (tertiary/aromatic N) is 3. The van der Waals surface area contributed by atoms with Gasteiger partial charge in [0.2, 0.25) is 0 Å². The van der Waals surface area contributed by atoms with Gasteiger partial charge in [-0.3, -0.25) is 0 Å². The highest BCUT2D eigenvalue weighted by Crippen LogP contribution is 2.30. The maximum atomic E-state index is 5.97. The monoisotopic (exact) mass is 279 g/mol. The first-order valence-corrected chi connectivity index (χ1v) is 6.21. The van der Waals surface area contributed by atoms with Gasteiger partial charge in [0.05, 0.1) is 10.4 Å². The summed E-state index contributed by atoms with van der Waals surface area (Å²) < 4.78 is 0. The second-order valence-corrected chi connectivity index (χ2v) is 4.55. The zero-order valence-electron chi connectivity index (χ0n) is 7.46. The second-order valence-electron chi connectivity index (χ2n) is 2.63. The van der Waals surface area contributed by atoms with Crippen LogP contribution < -0.4 is 0 Å². The van der Waals surface area contributed by atoms with Crippen LogP contribution in [0.2, 0.25) is 15.3 Å². The largest absolute Gasteiger partial charge is 0.216 e. The summed E-state index contributed by atoms with van der Waals surface area (Å²) in [7, 11) is 0. The molecule has 2 heterocycles. The minimum absolute atomic E-state index is 0.286. The van der Waals surface area contributed by atoms with Crippen molar-refractivity contribution >= 4 is 57.6 Å². The summed E-state index contributed by atoms with van der Waals surface area (Å²) >= 11 is 19.1. The highest BCUT2D eigenvalue weighted by Gasteiger charge is 2.11. The van der Waals surface area contributed by atoms with Gasteiger partial charge in [0.15, 0.2) is 10.8 Å². The number of hydrogen-bond acceptors (Lipinski definition) is 4. The molecule has 2 aromatic rings. The van der Waals surface area contributed by atoms with E-state index in [1.54, 1.807) is 0 Å². The van der Waals surface area contributed by atoms with Crippen molar-refractivity contribution in [3.63, 3.8) is 0 Å². The standard InChI is InChI=1S/C8H4Cl3N3S/c1-15-8-13-6(11)5-3(9)2-4(10)12-7(5)14-8/h2H,1H3. The molecule has 2 aromatic heterocycles. The Labute approximate surface area is 105 Å². The topological polar surface area (TPSA) is 38.7 Å². The zero-order chi connectivity index (χ0) is 11.0. The van der Waals surface area contributed by atoms with Crippen LogP contribution in [0.5, 0.6) is 0 Å². The summed E-state index contributed by atoms with van der Waals surface area (Å²) in [4.78, 5) is 12.3. The number of fused-ring (bicyclic) bond motifs is 1. The first-order chi connectivity index (χ1) is 7.11. The average Bonchev–Trinajstić information content (AvgIpc) is 2.15. The third kappa shape index (κ3) is 2.13. The average molecular weight is 281 g/mol. The summed E-state index contributed by atoms with van der Waals surface area (Å²) in [5.74, 6) is 0. The summed E-state index contributed by atoms with van der Waals surface area (Å²) in [6.45, 7) is 0. The van der Waals surface area contributed by atoms with Crippen molar-refractivity contribution in [2.75, 3.05) is 6.26 Å². The number of halogens is 3. The molecule has 0 saturated carbocycles. The van der Waals surface area contributed by atoms with E-state index in [-0.39, 0.29) is 5.15 Å². The fraction of sp³-hybridized carbons (Fsp3) is 0.125. The summed E-state index contributed by atoms with van der Waals surface area (Å²) in [5, 5.41) is 2.05. The Morgan fingerprint density at radius 1 is 1.13 bits per heavy atom. The van der Waals surface area contributed by atoms with Crippen molar-refractivity contribution in [1.29, 1.82) is 0 Å². The SMILES string of the molecule is CSc1nc(Cl)c2c(Cl)cc(Cl)nc2n1. The molecule has 15 heavy (non-hydrogen) atoms. The van der Waals surface area contributed by atoms with Crippen molar-refractivity contribution < 1.29 is 0 Å². The van der Waals surface area contributed by atoms with E-state index in [0.717, 1.165) is 0 Å². The van der Waals surface area contributed by atoms with E-state index in [4.69, 9.17) is 34.8 Å². The van der Waals surface area contributed by atoms with Crippen LogP contribution in [0, 0.1) is 0 Å². The number of aromatic nitrogens is 3. The Morgan fingerprint density at radius 2 is 1.87 bits per heavy atom. The predicted octanol–water partition coefficient (Wildman–Crippen LogP) is 3.71. The van der Waals surface area contributed by atoms with Crippen molar-refractivity contribution in [2.24, 2.45) is 0 Å². The Morgan fingerprint density at radius 3 is 2.53 bits per heavy atom. The molecule has 78 valence electrons. The van der Waals surface area contributed by atoms with Gasteiger partial charge in [-0.05, 0) is 12.3 Å². The lowest BCUT2D eigenvalue weighted by atomic mass is 10.3. The molecule has 0 fully saturated rings. The van der Waals surface area contributed by atoms with Crippen LogP contribution in [0.4, 0.5) is 0 Å². The van der Waals surface area contributed by atoms with Crippen LogP contribution in [0.15, 0.2) is 11.2 Å². The summed E-state index contributed by atoms with van der Waals surface area (Å²) in [6.07, 6.45) is 1.85. The van der Waals surface area contributed by atoms with E-state index in [1.165, 1.54) is 17.8 Å². The van der Waals surface area contributed by atoms with Gasteiger partial charge in [-0.2, -0.15) is 0 Å². The highest BCUT2D eigenvalue weighted by atomic mass is 35.5. The van der Waals surface area contributed by atoms with E-state index < -0.39 is 0 Å². The van der Waals surface area contributed by atoms with E-state index >= 15 is 0 Å². The van der Waals surface area contributed by atoms with E-state index in [9.17, 15) is 0 Å². The van der Waals surface area contributed by atoms with Gasteiger partial charge in [0.25, 0.3) is 0 Å². The van der Waals surface area contributed by atoms with E-state index in [1.807, 2.05) is 6.26 Å². The quantitative estimate of drug-likeness (QED) is 0.345. The predicted molar refractivity (Wildman–Crippen MR) is 64.1 cm³/mol. The van der Waals surface area contributed by atoms with Crippen LogP contribution in [0.3, 0.4) is 0 Å². The van der Waals surface area contributed by atoms with Crippen molar-refractivity contribution in [1.82, 2.24) is 15.0 Å². The molecule has 0 aliphatic rings. The maximum absolute atomic E-state index is 5.97. The molecule has 0 amide bonds. The zero-order valence-corrected chi connectivity index (χ0v) is 10.5. The molecule has 0 aliphatic carbocycles. The third-order valence-electron chi connectivity index (χ3n) is 1.71.